The van der Waals surface area contributed by atoms with Gasteiger partial charge in [-0.05, 0) is 52.0 Å². The van der Waals surface area contributed by atoms with Crippen molar-refractivity contribution in [1.82, 2.24) is 10.2 Å². The van der Waals surface area contributed by atoms with Gasteiger partial charge >= 0.3 is 0 Å². The third-order valence-electron chi connectivity index (χ3n) is 4.22. The molecule has 1 aliphatic rings. The first kappa shape index (κ1) is 12.7. The Bertz CT molecular complexity index is 540. The van der Waals surface area contributed by atoms with Gasteiger partial charge in [0.15, 0.2) is 0 Å². The van der Waals surface area contributed by atoms with Gasteiger partial charge in [-0.1, -0.05) is 18.2 Å². The fraction of sp³-hybridized carbons (Fsp3) is 0.500. The maximum Gasteiger partial charge on any atom is 0.134 e. The predicted molar refractivity (Wildman–Crippen MR) is 78.2 cm³/mol. The molecule has 0 bridgehead atoms. The number of hydrogen-bond donors (Lipinski definition) is 1. The molecule has 1 atom stereocenters. The second-order valence-corrected chi connectivity index (χ2v) is 5.68. The molecule has 0 saturated carbocycles. The summed E-state index contributed by atoms with van der Waals surface area (Å²) in [6, 6.07) is 8.80. The van der Waals surface area contributed by atoms with Crippen molar-refractivity contribution in [3.05, 3.63) is 36.1 Å². The van der Waals surface area contributed by atoms with Crippen LogP contribution >= 0.6 is 0 Å². The normalized spacial score (nSPS) is 19.1. The van der Waals surface area contributed by atoms with Crippen molar-refractivity contribution < 1.29 is 4.42 Å². The lowest BCUT2D eigenvalue weighted by molar-refractivity contribution is 0.178. The number of piperidine rings is 1. The number of benzene rings is 1. The van der Waals surface area contributed by atoms with E-state index in [1.807, 2.05) is 18.4 Å². The van der Waals surface area contributed by atoms with E-state index in [0.29, 0.717) is 12.0 Å². The zero-order valence-corrected chi connectivity index (χ0v) is 11.7. The Hall–Kier alpha value is -1.32. The molecule has 19 heavy (non-hydrogen) atoms. The Morgan fingerprint density at radius 1 is 1.21 bits per heavy atom. The highest BCUT2D eigenvalue weighted by atomic mass is 16.3. The Balaban J connectivity index is 1.99. The summed E-state index contributed by atoms with van der Waals surface area (Å²) in [5, 5.41) is 4.71. The highest BCUT2D eigenvalue weighted by Gasteiger charge is 2.29. The lowest BCUT2D eigenvalue weighted by atomic mass is 9.85. The lowest BCUT2D eigenvalue weighted by Crippen LogP contribution is -2.35. The van der Waals surface area contributed by atoms with Crippen LogP contribution in [0.5, 0.6) is 0 Å². The van der Waals surface area contributed by atoms with E-state index in [1.165, 1.54) is 23.8 Å². The molecular weight excluding hydrogens is 236 g/mol. The smallest absolute Gasteiger partial charge is 0.134 e. The third kappa shape index (κ3) is 2.40. The van der Waals surface area contributed by atoms with Gasteiger partial charge in [0.1, 0.15) is 5.58 Å². The van der Waals surface area contributed by atoms with Gasteiger partial charge in [-0.15, -0.1) is 0 Å². The number of furan rings is 1. The van der Waals surface area contributed by atoms with Crippen LogP contribution in [0.4, 0.5) is 0 Å². The fourth-order valence-electron chi connectivity index (χ4n) is 3.34. The monoisotopic (exact) mass is 258 g/mol. The minimum Gasteiger partial charge on any atom is -0.464 e. The van der Waals surface area contributed by atoms with E-state index in [9.17, 15) is 0 Å². The van der Waals surface area contributed by atoms with Crippen LogP contribution in [0, 0.1) is 5.92 Å². The van der Waals surface area contributed by atoms with Gasteiger partial charge in [0.2, 0.25) is 0 Å². The van der Waals surface area contributed by atoms with Crippen LogP contribution in [-0.4, -0.2) is 32.1 Å². The SMILES string of the molecule is CN(C)C(c1coc2ccccc12)C1CCNCC1. The molecule has 1 aromatic heterocycles. The van der Waals surface area contributed by atoms with Gasteiger partial charge in [0.25, 0.3) is 0 Å². The quantitative estimate of drug-likeness (QED) is 0.917. The first-order chi connectivity index (χ1) is 9.27. The molecule has 0 radical (unpaired) electrons. The van der Waals surface area contributed by atoms with Gasteiger partial charge < -0.3 is 14.6 Å². The molecular formula is C16H22N2O. The number of fused-ring (bicyclic) bond motifs is 1. The van der Waals surface area contributed by atoms with Crippen LogP contribution in [0.2, 0.25) is 0 Å². The van der Waals surface area contributed by atoms with Crippen molar-refractivity contribution in [2.45, 2.75) is 18.9 Å². The van der Waals surface area contributed by atoms with Crippen LogP contribution in [0.25, 0.3) is 11.0 Å². The second-order valence-electron chi connectivity index (χ2n) is 5.68. The van der Waals surface area contributed by atoms with Gasteiger partial charge in [-0.25, -0.2) is 0 Å². The Labute approximate surface area is 114 Å². The van der Waals surface area contributed by atoms with Crippen LogP contribution in [0.3, 0.4) is 0 Å². The zero-order valence-electron chi connectivity index (χ0n) is 11.7. The van der Waals surface area contributed by atoms with Gasteiger partial charge in [0.05, 0.1) is 6.26 Å². The maximum absolute atomic E-state index is 5.73. The van der Waals surface area contributed by atoms with Crippen LogP contribution in [-0.2, 0) is 0 Å². The van der Waals surface area contributed by atoms with E-state index >= 15 is 0 Å². The lowest BCUT2D eigenvalue weighted by Gasteiger charge is -2.34. The molecule has 2 heterocycles. The number of hydrogen-bond acceptors (Lipinski definition) is 3. The van der Waals surface area contributed by atoms with E-state index in [2.05, 4.69) is 36.4 Å². The van der Waals surface area contributed by atoms with E-state index in [4.69, 9.17) is 4.42 Å². The summed E-state index contributed by atoms with van der Waals surface area (Å²) in [6.07, 6.45) is 4.43. The van der Waals surface area contributed by atoms with E-state index in [0.717, 1.165) is 18.7 Å². The summed E-state index contributed by atoms with van der Waals surface area (Å²) in [5.41, 5.74) is 2.34. The van der Waals surface area contributed by atoms with E-state index in [1.54, 1.807) is 0 Å². The molecule has 2 aromatic rings. The van der Waals surface area contributed by atoms with Gasteiger partial charge in [0, 0.05) is 17.0 Å². The van der Waals surface area contributed by atoms with Crippen LogP contribution in [0.15, 0.2) is 34.9 Å². The molecule has 0 spiro atoms. The minimum atomic E-state index is 0.450. The molecule has 1 saturated heterocycles. The van der Waals surface area contributed by atoms with Crippen molar-refractivity contribution in [1.29, 1.82) is 0 Å². The standard InChI is InChI=1S/C16H22N2O/c1-18(2)16(12-7-9-17-10-8-12)14-11-19-15-6-4-3-5-13(14)15/h3-6,11-12,16-17H,7-10H2,1-2H3. The summed E-state index contributed by atoms with van der Waals surface area (Å²) < 4.78 is 5.73. The highest BCUT2D eigenvalue weighted by molar-refractivity contribution is 5.81. The highest BCUT2D eigenvalue weighted by Crippen LogP contribution is 2.37. The van der Waals surface area contributed by atoms with Crippen molar-refractivity contribution in [3.8, 4) is 0 Å². The molecule has 3 rings (SSSR count). The van der Waals surface area contributed by atoms with Crippen molar-refractivity contribution in [2.24, 2.45) is 5.92 Å². The minimum absolute atomic E-state index is 0.450. The average molecular weight is 258 g/mol. The molecule has 102 valence electrons. The molecule has 1 aliphatic heterocycles. The van der Waals surface area contributed by atoms with E-state index < -0.39 is 0 Å². The third-order valence-corrected chi connectivity index (χ3v) is 4.22. The van der Waals surface area contributed by atoms with Gasteiger partial charge in [-0.3, -0.25) is 0 Å². The molecule has 1 N–H and O–H groups in total. The zero-order chi connectivity index (χ0) is 13.2. The van der Waals surface area contributed by atoms with Crippen LogP contribution < -0.4 is 5.32 Å². The molecule has 1 fully saturated rings. The Morgan fingerprint density at radius 2 is 1.95 bits per heavy atom. The van der Waals surface area contributed by atoms with Crippen molar-refractivity contribution in [2.75, 3.05) is 27.2 Å². The maximum atomic E-state index is 5.73. The Kier molecular flexibility index (Phi) is 3.58. The molecule has 3 nitrogen and oxygen atoms in total. The Morgan fingerprint density at radius 3 is 2.68 bits per heavy atom. The summed E-state index contributed by atoms with van der Waals surface area (Å²) in [7, 11) is 4.35. The first-order valence-corrected chi connectivity index (χ1v) is 7.10. The number of rotatable bonds is 3. The summed E-state index contributed by atoms with van der Waals surface area (Å²) >= 11 is 0. The summed E-state index contributed by atoms with van der Waals surface area (Å²) in [5.74, 6) is 0.706. The summed E-state index contributed by atoms with van der Waals surface area (Å²) in [4.78, 5) is 2.34. The number of nitrogens with one attached hydrogen (secondary N) is 1. The van der Waals surface area contributed by atoms with Gasteiger partial charge in [-0.2, -0.15) is 0 Å². The average Bonchev–Trinajstić information content (AvgIpc) is 2.84. The number of para-hydroxylation sites is 1. The first-order valence-electron chi connectivity index (χ1n) is 7.10. The number of nitrogens with zero attached hydrogens (tertiary/aromatic N) is 1. The largest absolute Gasteiger partial charge is 0.464 e. The summed E-state index contributed by atoms with van der Waals surface area (Å²) in [6.45, 7) is 2.26. The molecule has 0 aliphatic carbocycles. The topological polar surface area (TPSA) is 28.4 Å². The predicted octanol–water partition coefficient (Wildman–Crippen LogP) is 3.04. The second kappa shape index (κ2) is 5.35. The molecule has 1 aromatic carbocycles. The molecule has 0 amide bonds. The van der Waals surface area contributed by atoms with Crippen molar-refractivity contribution >= 4 is 11.0 Å². The van der Waals surface area contributed by atoms with Crippen molar-refractivity contribution in [3.63, 3.8) is 0 Å². The molecule has 3 heteroatoms. The fourth-order valence-corrected chi connectivity index (χ4v) is 3.34. The molecule has 1 unspecified atom stereocenters. The van der Waals surface area contributed by atoms with Crippen LogP contribution in [0.1, 0.15) is 24.4 Å². The van der Waals surface area contributed by atoms with E-state index in [-0.39, 0.29) is 0 Å².